The van der Waals surface area contributed by atoms with Crippen LogP contribution in [0.4, 0.5) is 10.5 Å². The highest BCUT2D eigenvalue weighted by atomic mass is 32.2. The Labute approximate surface area is 98.1 Å². The first-order chi connectivity index (χ1) is 7.26. The SMILES string of the molecule is CSNc1ccc(COC(=O)SC)cc1. The van der Waals surface area contributed by atoms with E-state index in [2.05, 4.69) is 4.72 Å². The second-order valence-electron chi connectivity index (χ2n) is 2.75. The van der Waals surface area contributed by atoms with E-state index in [1.165, 1.54) is 0 Å². The number of hydrogen-bond donors (Lipinski definition) is 1. The van der Waals surface area contributed by atoms with E-state index in [9.17, 15) is 4.79 Å². The van der Waals surface area contributed by atoms with Gasteiger partial charge in [0.05, 0.1) is 0 Å². The van der Waals surface area contributed by atoms with Crippen LogP contribution in [0.25, 0.3) is 0 Å². The second kappa shape index (κ2) is 6.63. The molecule has 0 unspecified atom stereocenters. The smallest absolute Gasteiger partial charge is 0.367 e. The largest absolute Gasteiger partial charge is 0.453 e. The van der Waals surface area contributed by atoms with E-state index < -0.39 is 0 Å². The Morgan fingerprint density at radius 1 is 1.33 bits per heavy atom. The highest BCUT2D eigenvalue weighted by molar-refractivity contribution is 8.12. The van der Waals surface area contributed by atoms with Crippen LogP contribution in [0.5, 0.6) is 0 Å². The van der Waals surface area contributed by atoms with Crippen LogP contribution in [-0.2, 0) is 11.3 Å². The maximum atomic E-state index is 10.9. The number of nitrogens with one attached hydrogen (secondary N) is 1. The van der Waals surface area contributed by atoms with Crippen LogP contribution in [0.15, 0.2) is 24.3 Å². The number of rotatable bonds is 4. The van der Waals surface area contributed by atoms with Crippen molar-refractivity contribution in [2.24, 2.45) is 0 Å². The van der Waals surface area contributed by atoms with Gasteiger partial charge in [-0.3, -0.25) is 0 Å². The topological polar surface area (TPSA) is 38.3 Å². The molecule has 82 valence electrons. The summed E-state index contributed by atoms with van der Waals surface area (Å²) in [6.07, 6.45) is 3.67. The van der Waals surface area contributed by atoms with Crippen molar-refractivity contribution in [2.45, 2.75) is 6.61 Å². The standard InChI is InChI=1S/C10H13NO2S2/c1-14-10(12)13-7-8-3-5-9(6-4-8)11-15-2/h3-6,11H,7H2,1-2H3. The highest BCUT2D eigenvalue weighted by Crippen LogP contribution is 2.13. The summed E-state index contributed by atoms with van der Waals surface area (Å²) in [5.74, 6) is 0. The lowest BCUT2D eigenvalue weighted by Crippen LogP contribution is -1.97. The fourth-order valence-electron chi connectivity index (χ4n) is 0.988. The van der Waals surface area contributed by atoms with E-state index in [1.54, 1.807) is 18.2 Å². The van der Waals surface area contributed by atoms with E-state index in [0.717, 1.165) is 23.0 Å². The minimum absolute atomic E-state index is 0.249. The minimum atomic E-state index is -0.249. The summed E-state index contributed by atoms with van der Waals surface area (Å²) in [6, 6.07) is 7.79. The Balaban J connectivity index is 2.45. The number of thioether (sulfide) groups is 1. The van der Waals surface area contributed by atoms with Crippen LogP contribution >= 0.6 is 23.7 Å². The van der Waals surface area contributed by atoms with Crippen molar-refractivity contribution >= 4 is 34.7 Å². The maximum absolute atomic E-state index is 10.9. The fraction of sp³-hybridized carbons (Fsp3) is 0.300. The van der Waals surface area contributed by atoms with Gasteiger partial charge >= 0.3 is 5.30 Å². The molecule has 0 aliphatic rings. The average molecular weight is 243 g/mol. The number of carbonyl (C=O) groups is 1. The summed E-state index contributed by atoms with van der Waals surface area (Å²) in [5.41, 5.74) is 2.03. The van der Waals surface area contributed by atoms with Crippen LogP contribution < -0.4 is 4.72 Å². The molecule has 1 aromatic rings. The first kappa shape index (κ1) is 12.3. The van der Waals surface area contributed by atoms with E-state index >= 15 is 0 Å². The molecule has 1 N–H and O–H groups in total. The van der Waals surface area contributed by atoms with Gasteiger partial charge in [-0.2, -0.15) is 0 Å². The van der Waals surface area contributed by atoms with Crippen LogP contribution in [-0.4, -0.2) is 17.8 Å². The Morgan fingerprint density at radius 2 is 2.00 bits per heavy atom. The third kappa shape index (κ3) is 4.48. The number of ether oxygens (including phenoxy) is 1. The molecule has 0 aliphatic carbocycles. The molecule has 0 bridgehead atoms. The molecule has 0 heterocycles. The molecule has 0 saturated heterocycles. The maximum Gasteiger partial charge on any atom is 0.367 e. The van der Waals surface area contributed by atoms with Crippen molar-refractivity contribution in [1.82, 2.24) is 0 Å². The predicted molar refractivity (Wildman–Crippen MR) is 67.3 cm³/mol. The molecular formula is C10H13NO2S2. The van der Waals surface area contributed by atoms with Gasteiger partial charge in [-0.05, 0) is 35.7 Å². The Hall–Kier alpha value is -0.810. The molecule has 1 rings (SSSR count). The lowest BCUT2D eigenvalue weighted by atomic mass is 10.2. The summed E-state index contributed by atoms with van der Waals surface area (Å²) < 4.78 is 8.09. The number of carbonyl (C=O) groups excluding carboxylic acids is 1. The summed E-state index contributed by atoms with van der Waals surface area (Å²) in [7, 11) is 0. The minimum Gasteiger partial charge on any atom is -0.453 e. The third-order valence-electron chi connectivity index (χ3n) is 1.70. The molecular weight excluding hydrogens is 230 g/mol. The van der Waals surface area contributed by atoms with Crippen molar-refractivity contribution in [1.29, 1.82) is 0 Å². The van der Waals surface area contributed by atoms with E-state index in [-0.39, 0.29) is 5.30 Å². The van der Waals surface area contributed by atoms with Crippen molar-refractivity contribution < 1.29 is 9.53 Å². The third-order valence-corrected chi connectivity index (χ3v) is 2.59. The van der Waals surface area contributed by atoms with Gasteiger partial charge in [-0.25, -0.2) is 4.79 Å². The lowest BCUT2D eigenvalue weighted by Gasteiger charge is -2.05. The van der Waals surface area contributed by atoms with Gasteiger partial charge in [-0.15, -0.1) is 0 Å². The molecule has 0 radical (unpaired) electrons. The van der Waals surface area contributed by atoms with Crippen molar-refractivity contribution in [3.05, 3.63) is 29.8 Å². The summed E-state index contributed by atoms with van der Waals surface area (Å²) in [5, 5.41) is -0.249. The van der Waals surface area contributed by atoms with Crippen LogP contribution in [0.3, 0.4) is 0 Å². The van der Waals surface area contributed by atoms with E-state index in [4.69, 9.17) is 4.74 Å². The molecule has 0 saturated carbocycles. The second-order valence-corrected chi connectivity index (χ2v) is 4.10. The van der Waals surface area contributed by atoms with Gasteiger partial charge in [0.15, 0.2) is 0 Å². The normalized spacial score (nSPS) is 9.73. The van der Waals surface area contributed by atoms with Gasteiger partial charge in [-0.1, -0.05) is 24.1 Å². The molecule has 0 amide bonds. The van der Waals surface area contributed by atoms with Crippen molar-refractivity contribution in [3.8, 4) is 0 Å². The van der Waals surface area contributed by atoms with Gasteiger partial charge in [0.25, 0.3) is 0 Å². The van der Waals surface area contributed by atoms with Gasteiger partial charge < -0.3 is 9.46 Å². The fourth-order valence-corrected chi connectivity index (χ4v) is 1.54. The monoisotopic (exact) mass is 243 g/mol. The summed E-state index contributed by atoms with van der Waals surface area (Å²) >= 11 is 2.62. The van der Waals surface area contributed by atoms with Crippen molar-refractivity contribution in [3.63, 3.8) is 0 Å². The first-order valence-corrected chi connectivity index (χ1v) is 6.80. The van der Waals surface area contributed by atoms with Gasteiger partial charge in [0, 0.05) is 11.9 Å². The van der Waals surface area contributed by atoms with Crippen LogP contribution in [0.2, 0.25) is 0 Å². The average Bonchev–Trinajstić information content (AvgIpc) is 2.28. The van der Waals surface area contributed by atoms with Crippen LogP contribution in [0, 0.1) is 0 Å². The van der Waals surface area contributed by atoms with E-state index in [1.807, 2.05) is 30.5 Å². The van der Waals surface area contributed by atoms with Gasteiger partial charge in [0.2, 0.25) is 0 Å². The molecule has 0 atom stereocenters. The Morgan fingerprint density at radius 3 is 2.53 bits per heavy atom. The number of hydrogen-bond acceptors (Lipinski definition) is 5. The lowest BCUT2D eigenvalue weighted by molar-refractivity contribution is 0.169. The Kier molecular flexibility index (Phi) is 5.42. The Bertz CT molecular complexity index is 314. The van der Waals surface area contributed by atoms with E-state index in [0.29, 0.717) is 6.61 Å². The van der Waals surface area contributed by atoms with Crippen molar-refractivity contribution in [2.75, 3.05) is 17.2 Å². The predicted octanol–water partition coefficient (Wildman–Crippen LogP) is 3.38. The zero-order valence-corrected chi connectivity index (χ0v) is 10.3. The quantitative estimate of drug-likeness (QED) is 0.648. The highest BCUT2D eigenvalue weighted by Gasteiger charge is 2.00. The number of benzene rings is 1. The number of anilines is 1. The van der Waals surface area contributed by atoms with Gasteiger partial charge in [0.1, 0.15) is 6.61 Å². The summed E-state index contributed by atoms with van der Waals surface area (Å²) in [4.78, 5) is 10.9. The molecule has 15 heavy (non-hydrogen) atoms. The molecule has 5 heteroatoms. The van der Waals surface area contributed by atoms with Crippen LogP contribution in [0.1, 0.15) is 5.56 Å². The molecule has 0 aromatic heterocycles. The molecule has 3 nitrogen and oxygen atoms in total. The molecule has 1 aromatic carbocycles. The zero-order chi connectivity index (χ0) is 11.1. The first-order valence-electron chi connectivity index (χ1n) is 4.35. The molecule has 0 fully saturated rings. The molecule has 0 aliphatic heterocycles. The zero-order valence-electron chi connectivity index (χ0n) is 8.65. The molecule has 0 spiro atoms. The summed E-state index contributed by atoms with van der Waals surface area (Å²) in [6.45, 7) is 0.333.